The summed E-state index contributed by atoms with van der Waals surface area (Å²) in [6, 6.07) is 1.65. The number of carbonyl (C=O) groups excluding carboxylic acids is 1. The molecule has 0 radical (unpaired) electrons. The SMILES string of the molecule is CC(C)(C)OC(=O)Nc1ccn2ncc(Br)c2n1. The van der Waals surface area contributed by atoms with Gasteiger partial charge in [-0.1, -0.05) is 0 Å². The summed E-state index contributed by atoms with van der Waals surface area (Å²) in [6.45, 7) is 5.41. The normalized spacial score (nSPS) is 11.6. The molecule has 2 aromatic rings. The van der Waals surface area contributed by atoms with Crippen LogP contribution >= 0.6 is 15.9 Å². The van der Waals surface area contributed by atoms with Crippen molar-refractivity contribution < 1.29 is 9.53 Å². The van der Waals surface area contributed by atoms with Crippen LogP contribution in [0.25, 0.3) is 5.65 Å². The molecule has 7 heteroatoms. The summed E-state index contributed by atoms with van der Waals surface area (Å²) in [5, 5.41) is 6.63. The lowest BCUT2D eigenvalue weighted by atomic mass is 10.2. The van der Waals surface area contributed by atoms with Crippen molar-refractivity contribution in [2.24, 2.45) is 0 Å². The van der Waals surface area contributed by atoms with Crippen LogP contribution in [0.15, 0.2) is 22.9 Å². The molecular formula is C11H13BrN4O2. The summed E-state index contributed by atoms with van der Waals surface area (Å²) in [4.78, 5) is 15.8. The second-order valence-electron chi connectivity index (χ2n) is 4.70. The Balaban J connectivity index is 2.17. The first-order valence-electron chi connectivity index (χ1n) is 5.35. The molecule has 0 spiro atoms. The molecule has 0 saturated carbocycles. The number of rotatable bonds is 1. The van der Waals surface area contributed by atoms with E-state index in [4.69, 9.17) is 4.74 Å². The third-order valence-corrected chi connectivity index (χ3v) is 2.51. The third kappa shape index (κ3) is 2.98. The predicted octanol–water partition coefficient (Wildman–Crippen LogP) is 2.84. The van der Waals surface area contributed by atoms with E-state index in [1.54, 1.807) is 43.7 Å². The molecule has 2 heterocycles. The molecule has 0 aliphatic heterocycles. The second-order valence-corrected chi connectivity index (χ2v) is 5.55. The molecule has 0 fully saturated rings. The third-order valence-electron chi connectivity index (χ3n) is 1.96. The van der Waals surface area contributed by atoms with Crippen LogP contribution in [0, 0.1) is 0 Å². The van der Waals surface area contributed by atoms with Crippen LogP contribution < -0.4 is 5.32 Å². The number of ether oxygens (including phenoxy) is 1. The lowest BCUT2D eigenvalue weighted by Crippen LogP contribution is -2.27. The molecule has 0 atom stereocenters. The minimum absolute atomic E-state index is 0.415. The van der Waals surface area contributed by atoms with Gasteiger partial charge < -0.3 is 4.74 Å². The summed E-state index contributed by atoms with van der Waals surface area (Å²) in [7, 11) is 0. The summed E-state index contributed by atoms with van der Waals surface area (Å²) in [6.07, 6.45) is 2.81. The van der Waals surface area contributed by atoms with Crippen molar-refractivity contribution in [3.05, 3.63) is 22.9 Å². The monoisotopic (exact) mass is 312 g/mol. The molecule has 0 bridgehead atoms. The number of anilines is 1. The van der Waals surface area contributed by atoms with Crippen LogP contribution in [-0.2, 0) is 4.74 Å². The Hall–Kier alpha value is -1.63. The quantitative estimate of drug-likeness (QED) is 0.879. The molecule has 2 aromatic heterocycles. The Kier molecular flexibility index (Phi) is 3.25. The highest BCUT2D eigenvalue weighted by atomic mass is 79.9. The number of hydrogen-bond donors (Lipinski definition) is 1. The van der Waals surface area contributed by atoms with Crippen molar-refractivity contribution in [1.29, 1.82) is 0 Å². The van der Waals surface area contributed by atoms with Crippen LogP contribution in [0.3, 0.4) is 0 Å². The van der Waals surface area contributed by atoms with E-state index in [1.807, 2.05) is 0 Å². The fraction of sp³-hybridized carbons (Fsp3) is 0.364. The molecule has 1 amide bonds. The molecule has 0 saturated heterocycles. The zero-order valence-electron chi connectivity index (χ0n) is 10.3. The Morgan fingerprint density at radius 1 is 1.50 bits per heavy atom. The lowest BCUT2D eigenvalue weighted by molar-refractivity contribution is 0.0635. The highest BCUT2D eigenvalue weighted by Crippen LogP contribution is 2.17. The molecule has 96 valence electrons. The summed E-state index contributed by atoms with van der Waals surface area (Å²) < 4.78 is 7.50. The molecule has 0 aliphatic rings. The predicted molar refractivity (Wildman–Crippen MR) is 70.5 cm³/mol. The minimum atomic E-state index is -0.536. The number of nitrogens with zero attached hydrogens (tertiary/aromatic N) is 3. The van der Waals surface area contributed by atoms with Gasteiger partial charge in [0.2, 0.25) is 0 Å². The summed E-state index contributed by atoms with van der Waals surface area (Å²) in [5.74, 6) is 0.415. The highest BCUT2D eigenvalue weighted by molar-refractivity contribution is 9.10. The highest BCUT2D eigenvalue weighted by Gasteiger charge is 2.16. The van der Waals surface area contributed by atoms with E-state index in [1.165, 1.54) is 0 Å². The van der Waals surface area contributed by atoms with Crippen LogP contribution in [0.5, 0.6) is 0 Å². The fourth-order valence-corrected chi connectivity index (χ4v) is 1.68. The maximum absolute atomic E-state index is 11.6. The first-order valence-corrected chi connectivity index (χ1v) is 6.14. The van der Waals surface area contributed by atoms with E-state index in [2.05, 4.69) is 31.3 Å². The van der Waals surface area contributed by atoms with E-state index in [-0.39, 0.29) is 0 Å². The van der Waals surface area contributed by atoms with Gasteiger partial charge in [0, 0.05) is 6.20 Å². The average molecular weight is 313 g/mol. The van der Waals surface area contributed by atoms with Crippen molar-refractivity contribution in [3.8, 4) is 0 Å². The van der Waals surface area contributed by atoms with Crippen molar-refractivity contribution in [1.82, 2.24) is 14.6 Å². The standard InChI is InChI=1S/C11H13BrN4O2/c1-11(2,3)18-10(17)15-8-4-5-16-9(14-8)7(12)6-13-16/h4-6H,1-3H3,(H,14,15,17). The number of amides is 1. The zero-order chi connectivity index (χ0) is 13.3. The van der Waals surface area contributed by atoms with Gasteiger partial charge in [-0.2, -0.15) is 5.10 Å². The molecular weight excluding hydrogens is 300 g/mol. The smallest absolute Gasteiger partial charge is 0.413 e. The molecule has 0 unspecified atom stereocenters. The van der Waals surface area contributed by atoms with Gasteiger partial charge in [0.1, 0.15) is 11.4 Å². The van der Waals surface area contributed by atoms with E-state index in [0.29, 0.717) is 11.5 Å². The van der Waals surface area contributed by atoms with Crippen molar-refractivity contribution in [2.75, 3.05) is 5.32 Å². The van der Waals surface area contributed by atoms with Crippen LogP contribution in [0.4, 0.5) is 10.6 Å². The van der Waals surface area contributed by atoms with E-state index >= 15 is 0 Å². The van der Waals surface area contributed by atoms with Gasteiger partial charge in [-0.05, 0) is 42.8 Å². The second kappa shape index (κ2) is 4.56. The maximum Gasteiger partial charge on any atom is 0.413 e. The Labute approximate surface area is 112 Å². The number of halogens is 1. The minimum Gasteiger partial charge on any atom is -0.444 e. The molecule has 0 aliphatic carbocycles. The number of hydrogen-bond acceptors (Lipinski definition) is 4. The number of fused-ring (bicyclic) bond motifs is 1. The van der Waals surface area contributed by atoms with Crippen LogP contribution in [0.1, 0.15) is 20.8 Å². The van der Waals surface area contributed by atoms with Crippen LogP contribution in [-0.4, -0.2) is 26.3 Å². The molecule has 18 heavy (non-hydrogen) atoms. The Morgan fingerprint density at radius 3 is 2.89 bits per heavy atom. The van der Waals surface area contributed by atoms with E-state index in [0.717, 1.165) is 4.47 Å². The van der Waals surface area contributed by atoms with Gasteiger partial charge in [-0.15, -0.1) is 0 Å². The number of nitrogens with one attached hydrogen (secondary N) is 1. The topological polar surface area (TPSA) is 68.5 Å². The molecule has 0 aromatic carbocycles. The van der Waals surface area contributed by atoms with Gasteiger partial charge in [-0.25, -0.2) is 14.3 Å². The lowest BCUT2D eigenvalue weighted by Gasteiger charge is -2.19. The molecule has 6 nitrogen and oxygen atoms in total. The Morgan fingerprint density at radius 2 is 2.22 bits per heavy atom. The first-order chi connectivity index (χ1) is 8.35. The van der Waals surface area contributed by atoms with Crippen molar-refractivity contribution in [3.63, 3.8) is 0 Å². The van der Waals surface area contributed by atoms with Gasteiger partial charge in [0.05, 0.1) is 10.7 Å². The van der Waals surface area contributed by atoms with E-state index in [9.17, 15) is 4.79 Å². The summed E-state index contributed by atoms with van der Waals surface area (Å²) in [5.41, 5.74) is 0.0920. The number of aromatic nitrogens is 3. The van der Waals surface area contributed by atoms with Gasteiger partial charge in [-0.3, -0.25) is 5.32 Å². The Bertz CT molecular complexity index is 588. The van der Waals surface area contributed by atoms with Crippen molar-refractivity contribution in [2.45, 2.75) is 26.4 Å². The molecule has 2 rings (SSSR count). The summed E-state index contributed by atoms with van der Waals surface area (Å²) >= 11 is 3.33. The van der Waals surface area contributed by atoms with Gasteiger partial charge >= 0.3 is 6.09 Å². The molecule has 1 N–H and O–H groups in total. The van der Waals surface area contributed by atoms with Crippen LogP contribution in [0.2, 0.25) is 0 Å². The maximum atomic E-state index is 11.6. The largest absolute Gasteiger partial charge is 0.444 e. The van der Waals surface area contributed by atoms with Gasteiger partial charge in [0.15, 0.2) is 5.65 Å². The van der Waals surface area contributed by atoms with E-state index < -0.39 is 11.7 Å². The van der Waals surface area contributed by atoms with Gasteiger partial charge in [0.25, 0.3) is 0 Å². The fourth-order valence-electron chi connectivity index (χ4n) is 1.32. The first kappa shape index (κ1) is 12.8. The zero-order valence-corrected chi connectivity index (χ0v) is 11.9. The average Bonchev–Trinajstić information content (AvgIpc) is 2.57. The van der Waals surface area contributed by atoms with Crippen molar-refractivity contribution >= 4 is 33.5 Å². The number of carbonyl (C=O) groups is 1.